The molecule has 0 radical (unpaired) electrons. The number of hydrogen-bond acceptors (Lipinski definition) is 6. The second kappa shape index (κ2) is 4.20. The van der Waals surface area contributed by atoms with Gasteiger partial charge in [-0.3, -0.25) is 0 Å². The van der Waals surface area contributed by atoms with Gasteiger partial charge in [-0.1, -0.05) is 11.6 Å². The first-order chi connectivity index (χ1) is 7.61. The number of nitrogens with zero attached hydrogens (tertiary/aromatic N) is 4. The highest BCUT2D eigenvalue weighted by Crippen LogP contribution is 2.19. The number of hydrogen-bond donors (Lipinski definition) is 3. The SMILES string of the molecule is Nc1nc(Cl)c2ncn(C[C@H](O)CO)c2n1. The molecule has 0 aliphatic carbocycles. The average molecular weight is 244 g/mol. The number of nitrogen functional groups attached to an aromatic ring is 1. The van der Waals surface area contributed by atoms with Crippen LogP contribution in [0.4, 0.5) is 5.95 Å². The van der Waals surface area contributed by atoms with Gasteiger partial charge < -0.3 is 20.5 Å². The summed E-state index contributed by atoms with van der Waals surface area (Å²) >= 11 is 5.83. The van der Waals surface area contributed by atoms with E-state index < -0.39 is 6.10 Å². The third-order valence-electron chi connectivity index (χ3n) is 2.06. The second-order valence-electron chi connectivity index (χ2n) is 3.28. The summed E-state index contributed by atoms with van der Waals surface area (Å²) in [5, 5.41) is 18.2. The van der Waals surface area contributed by atoms with Crippen molar-refractivity contribution in [1.82, 2.24) is 19.5 Å². The van der Waals surface area contributed by atoms with Crippen LogP contribution in [-0.4, -0.2) is 42.4 Å². The number of rotatable bonds is 3. The van der Waals surface area contributed by atoms with Gasteiger partial charge in [0.2, 0.25) is 5.95 Å². The number of nitrogens with two attached hydrogens (primary N) is 1. The molecule has 0 aromatic carbocycles. The van der Waals surface area contributed by atoms with Crippen molar-refractivity contribution in [3.8, 4) is 0 Å². The van der Waals surface area contributed by atoms with Crippen molar-refractivity contribution in [1.29, 1.82) is 0 Å². The minimum Gasteiger partial charge on any atom is -0.394 e. The fourth-order valence-electron chi connectivity index (χ4n) is 1.34. The van der Waals surface area contributed by atoms with E-state index in [1.54, 1.807) is 4.57 Å². The van der Waals surface area contributed by atoms with Crippen LogP contribution >= 0.6 is 11.6 Å². The van der Waals surface area contributed by atoms with E-state index in [1.165, 1.54) is 6.33 Å². The van der Waals surface area contributed by atoms with Gasteiger partial charge in [-0.2, -0.15) is 9.97 Å². The molecule has 2 heterocycles. The van der Waals surface area contributed by atoms with Crippen molar-refractivity contribution in [2.45, 2.75) is 12.6 Å². The lowest BCUT2D eigenvalue weighted by molar-refractivity contribution is 0.0820. The van der Waals surface area contributed by atoms with E-state index in [1.807, 2.05) is 0 Å². The fraction of sp³-hybridized carbons (Fsp3) is 0.375. The van der Waals surface area contributed by atoms with E-state index in [2.05, 4.69) is 15.0 Å². The van der Waals surface area contributed by atoms with Gasteiger partial charge in [0.1, 0.15) is 5.52 Å². The first-order valence-electron chi connectivity index (χ1n) is 4.54. The van der Waals surface area contributed by atoms with Crippen LogP contribution in [0.3, 0.4) is 0 Å². The number of anilines is 1. The van der Waals surface area contributed by atoms with E-state index in [-0.39, 0.29) is 24.3 Å². The normalized spacial score (nSPS) is 13.2. The van der Waals surface area contributed by atoms with Crippen molar-refractivity contribution in [3.63, 3.8) is 0 Å². The molecule has 2 rings (SSSR count). The Hall–Kier alpha value is -1.44. The third kappa shape index (κ3) is 1.92. The molecule has 0 aliphatic heterocycles. The summed E-state index contributed by atoms with van der Waals surface area (Å²) in [7, 11) is 0. The molecular weight excluding hydrogens is 234 g/mol. The number of aromatic nitrogens is 4. The van der Waals surface area contributed by atoms with Gasteiger partial charge in [0.05, 0.1) is 25.6 Å². The first-order valence-corrected chi connectivity index (χ1v) is 4.92. The van der Waals surface area contributed by atoms with E-state index in [0.717, 1.165) is 0 Å². The topological polar surface area (TPSA) is 110 Å². The summed E-state index contributed by atoms with van der Waals surface area (Å²) in [6.07, 6.45) is 0.580. The van der Waals surface area contributed by atoms with E-state index >= 15 is 0 Å². The maximum Gasteiger partial charge on any atom is 0.223 e. The lowest BCUT2D eigenvalue weighted by Gasteiger charge is -2.08. The highest BCUT2D eigenvalue weighted by atomic mass is 35.5. The fourth-order valence-corrected chi connectivity index (χ4v) is 1.56. The van der Waals surface area contributed by atoms with Crippen LogP contribution in [0.2, 0.25) is 5.15 Å². The van der Waals surface area contributed by atoms with Crippen LogP contribution in [0, 0.1) is 0 Å². The summed E-state index contributed by atoms with van der Waals surface area (Å²) in [6, 6.07) is 0. The van der Waals surface area contributed by atoms with Gasteiger partial charge in [-0.15, -0.1) is 0 Å². The summed E-state index contributed by atoms with van der Waals surface area (Å²) in [5.74, 6) is 0.0396. The predicted octanol–water partition coefficient (Wildman–Crippen LogP) is -0.585. The number of halogens is 1. The molecule has 8 heteroatoms. The van der Waals surface area contributed by atoms with Crippen LogP contribution in [0.25, 0.3) is 11.2 Å². The third-order valence-corrected chi connectivity index (χ3v) is 2.32. The Balaban J connectivity index is 2.47. The first kappa shape index (κ1) is 11.1. The van der Waals surface area contributed by atoms with Crippen molar-refractivity contribution < 1.29 is 10.2 Å². The van der Waals surface area contributed by atoms with Crippen molar-refractivity contribution in [2.24, 2.45) is 0 Å². The zero-order valence-electron chi connectivity index (χ0n) is 8.21. The lowest BCUT2D eigenvalue weighted by Crippen LogP contribution is -2.19. The van der Waals surface area contributed by atoms with E-state index in [4.69, 9.17) is 22.4 Å². The van der Waals surface area contributed by atoms with Gasteiger partial charge in [0.25, 0.3) is 0 Å². The van der Waals surface area contributed by atoms with E-state index in [9.17, 15) is 5.11 Å². The lowest BCUT2D eigenvalue weighted by atomic mass is 10.4. The van der Waals surface area contributed by atoms with Gasteiger partial charge in [0, 0.05) is 0 Å². The molecule has 0 saturated carbocycles. The van der Waals surface area contributed by atoms with Crippen LogP contribution in [0.1, 0.15) is 0 Å². The Kier molecular flexibility index (Phi) is 2.90. The zero-order chi connectivity index (χ0) is 11.7. The molecule has 0 spiro atoms. The summed E-state index contributed by atoms with van der Waals surface area (Å²) in [5.41, 5.74) is 6.31. The maximum absolute atomic E-state index is 9.32. The number of fused-ring (bicyclic) bond motifs is 1. The maximum atomic E-state index is 9.32. The Bertz CT molecular complexity index is 514. The summed E-state index contributed by atoms with van der Waals surface area (Å²) in [4.78, 5) is 11.7. The molecule has 0 saturated heterocycles. The van der Waals surface area contributed by atoms with Gasteiger partial charge in [-0.05, 0) is 0 Å². The van der Waals surface area contributed by atoms with E-state index in [0.29, 0.717) is 11.2 Å². The number of aliphatic hydroxyl groups excluding tert-OH is 2. The predicted molar refractivity (Wildman–Crippen MR) is 57.8 cm³/mol. The molecule has 2 aromatic rings. The number of imidazole rings is 1. The molecule has 0 fully saturated rings. The van der Waals surface area contributed by atoms with Crippen LogP contribution in [-0.2, 0) is 6.54 Å². The Morgan fingerprint density at radius 2 is 2.25 bits per heavy atom. The quantitative estimate of drug-likeness (QED) is 0.622. The minimum absolute atomic E-state index is 0.0396. The molecule has 4 N–H and O–H groups in total. The van der Waals surface area contributed by atoms with Crippen molar-refractivity contribution >= 4 is 28.7 Å². The largest absolute Gasteiger partial charge is 0.394 e. The highest BCUT2D eigenvalue weighted by Gasteiger charge is 2.12. The Morgan fingerprint density at radius 3 is 2.94 bits per heavy atom. The molecule has 1 atom stereocenters. The van der Waals surface area contributed by atoms with Crippen LogP contribution in [0.15, 0.2) is 6.33 Å². The van der Waals surface area contributed by atoms with Crippen molar-refractivity contribution in [2.75, 3.05) is 12.3 Å². The molecule has 0 bridgehead atoms. The summed E-state index contributed by atoms with van der Waals surface area (Å²) < 4.78 is 1.56. The Labute approximate surface area is 95.5 Å². The molecule has 86 valence electrons. The molecule has 7 nitrogen and oxygen atoms in total. The highest BCUT2D eigenvalue weighted by molar-refractivity contribution is 6.33. The molecule has 2 aromatic heterocycles. The molecule has 0 unspecified atom stereocenters. The Morgan fingerprint density at radius 1 is 1.50 bits per heavy atom. The second-order valence-corrected chi connectivity index (χ2v) is 3.64. The minimum atomic E-state index is -0.882. The number of aliphatic hydroxyl groups is 2. The molecule has 0 amide bonds. The molecule has 0 aliphatic rings. The summed E-state index contributed by atoms with van der Waals surface area (Å²) in [6.45, 7) is -0.173. The van der Waals surface area contributed by atoms with Crippen LogP contribution < -0.4 is 5.73 Å². The van der Waals surface area contributed by atoms with Crippen molar-refractivity contribution in [3.05, 3.63) is 11.5 Å². The smallest absolute Gasteiger partial charge is 0.223 e. The molecule has 16 heavy (non-hydrogen) atoms. The average Bonchev–Trinajstić information content (AvgIpc) is 2.61. The standard InChI is InChI=1S/C8H10ClN5O2/c9-6-5-7(13-8(10)12-6)14(3-11-5)1-4(16)2-15/h3-4,15-16H,1-2H2,(H2,10,12,13)/t4-/m0/s1. The molecular formula is C8H10ClN5O2. The monoisotopic (exact) mass is 243 g/mol. The van der Waals surface area contributed by atoms with Crippen LogP contribution in [0.5, 0.6) is 0 Å². The van der Waals surface area contributed by atoms with Gasteiger partial charge >= 0.3 is 0 Å². The zero-order valence-corrected chi connectivity index (χ0v) is 8.96. The van der Waals surface area contributed by atoms with Gasteiger partial charge in [0.15, 0.2) is 10.8 Å². The van der Waals surface area contributed by atoms with Gasteiger partial charge in [-0.25, -0.2) is 4.98 Å².